The van der Waals surface area contributed by atoms with Crippen molar-refractivity contribution in [2.75, 3.05) is 6.61 Å². The molecule has 0 aliphatic heterocycles. The van der Waals surface area contributed by atoms with Crippen molar-refractivity contribution in [3.05, 3.63) is 89.5 Å². The van der Waals surface area contributed by atoms with E-state index in [2.05, 4.69) is 19.1 Å². The molecule has 1 unspecified atom stereocenters. The van der Waals surface area contributed by atoms with E-state index in [0.29, 0.717) is 29.9 Å². The summed E-state index contributed by atoms with van der Waals surface area (Å²) in [5.74, 6) is -0.459. The number of carbonyl (C=O) groups is 2. The second-order valence-electron chi connectivity index (χ2n) is 9.35. The average molecular weight is 488 g/mol. The van der Waals surface area contributed by atoms with Crippen LogP contribution in [-0.4, -0.2) is 39.6 Å². The number of aliphatic hydroxyl groups is 1. The number of aliphatic carboxylic acids is 1. The van der Waals surface area contributed by atoms with Gasteiger partial charge in [-0.2, -0.15) is 0 Å². The number of carboxylic acid groups (broad SMARTS) is 1. The van der Waals surface area contributed by atoms with Gasteiger partial charge in [-0.25, -0.2) is 0 Å². The third kappa shape index (κ3) is 6.52. The first kappa shape index (κ1) is 25.5. The predicted octanol–water partition coefficient (Wildman–Crippen LogP) is 5.98. The maximum absolute atomic E-state index is 13.5. The molecule has 1 saturated carbocycles. The Morgan fingerprint density at radius 1 is 0.944 bits per heavy atom. The summed E-state index contributed by atoms with van der Waals surface area (Å²) in [6.45, 7) is 2.47. The standard InChI is InChI=1S/C30H33NO5/c1-21-8-7-9-24(20-21)22-13-15-23(16-14-22)29(34)31(25-17-18-25)30(35)26-10-4-5-11-27(26)36-19-6-2-3-12-28(32)33/h4-5,7-11,13-16,20,25,30,35H,2-3,6,12,17-19H2,1H3,(H,32,33). The van der Waals surface area contributed by atoms with Gasteiger partial charge in [0.15, 0.2) is 6.23 Å². The van der Waals surface area contributed by atoms with E-state index in [-0.39, 0.29) is 18.4 Å². The number of para-hydroxylation sites is 1. The van der Waals surface area contributed by atoms with Gasteiger partial charge in [0.2, 0.25) is 0 Å². The van der Waals surface area contributed by atoms with E-state index < -0.39 is 12.2 Å². The van der Waals surface area contributed by atoms with Gasteiger partial charge in [-0.3, -0.25) is 9.59 Å². The molecule has 1 fully saturated rings. The number of nitrogens with zero attached hydrogens (tertiary/aromatic N) is 1. The first-order chi connectivity index (χ1) is 17.4. The summed E-state index contributed by atoms with van der Waals surface area (Å²) in [5.41, 5.74) is 4.41. The molecule has 4 rings (SSSR count). The van der Waals surface area contributed by atoms with Gasteiger partial charge in [-0.1, -0.05) is 60.2 Å². The van der Waals surface area contributed by atoms with Gasteiger partial charge >= 0.3 is 5.97 Å². The van der Waals surface area contributed by atoms with Crippen molar-refractivity contribution in [2.24, 2.45) is 0 Å². The van der Waals surface area contributed by atoms with Gasteiger partial charge < -0.3 is 19.8 Å². The van der Waals surface area contributed by atoms with Crippen molar-refractivity contribution in [3.63, 3.8) is 0 Å². The predicted molar refractivity (Wildman–Crippen MR) is 139 cm³/mol. The third-order valence-electron chi connectivity index (χ3n) is 6.41. The molecule has 6 heteroatoms. The number of ether oxygens (including phenoxy) is 1. The number of amides is 1. The van der Waals surface area contributed by atoms with Gasteiger partial charge in [0, 0.05) is 23.6 Å². The zero-order valence-electron chi connectivity index (χ0n) is 20.6. The summed E-state index contributed by atoms with van der Waals surface area (Å²) in [7, 11) is 0. The van der Waals surface area contributed by atoms with Crippen LogP contribution in [0.5, 0.6) is 5.75 Å². The Morgan fingerprint density at radius 3 is 2.39 bits per heavy atom. The molecular formula is C30H33NO5. The molecule has 3 aromatic carbocycles. The molecule has 1 aliphatic carbocycles. The Bertz CT molecular complexity index is 1190. The number of carbonyl (C=O) groups excluding carboxylic acids is 1. The molecule has 3 aromatic rings. The van der Waals surface area contributed by atoms with E-state index in [9.17, 15) is 14.7 Å². The second kappa shape index (κ2) is 11.9. The molecule has 0 aromatic heterocycles. The zero-order chi connectivity index (χ0) is 25.5. The highest BCUT2D eigenvalue weighted by molar-refractivity contribution is 5.95. The van der Waals surface area contributed by atoms with Gasteiger partial charge in [0.25, 0.3) is 5.91 Å². The van der Waals surface area contributed by atoms with Crippen molar-refractivity contribution in [1.29, 1.82) is 0 Å². The molecule has 0 bridgehead atoms. The summed E-state index contributed by atoms with van der Waals surface area (Å²) >= 11 is 0. The molecule has 2 N–H and O–H groups in total. The Morgan fingerprint density at radius 2 is 1.69 bits per heavy atom. The van der Waals surface area contributed by atoms with Crippen molar-refractivity contribution in [2.45, 2.75) is 57.7 Å². The lowest BCUT2D eigenvalue weighted by molar-refractivity contribution is -0.137. The van der Waals surface area contributed by atoms with Crippen LogP contribution in [0.2, 0.25) is 0 Å². The van der Waals surface area contributed by atoms with Crippen LogP contribution in [0.1, 0.15) is 66.2 Å². The molecule has 1 amide bonds. The normalized spacial score (nSPS) is 13.7. The minimum Gasteiger partial charge on any atom is -0.493 e. The number of rotatable bonds is 12. The number of carboxylic acids is 1. The number of aryl methyl sites for hydroxylation is 1. The molecule has 0 saturated heterocycles. The third-order valence-corrected chi connectivity index (χ3v) is 6.41. The molecule has 6 nitrogen and oxygen atoms in total. The monoisotopic (exact) mass is 487 g/mol. The van der Waals surface area contributed by atoms with E-state index >= 15 is 0 Å². The fourth-order valence-corrected chi connectivity index (χ4v) is 4.32. The van der Waals surface area contributed by atoms with Gasteiger partial charge in [-0.15, -0.1) is 0 Å². The lowest BCUT2D eigenvalue weighted by Crippen LogP contribution is -2.37. The number of aliphatic hydroxyl groups excluding tert-OH is 1. The zero-order valence-corrected chi connectivity index (χ0v) is 20.6. The average Bonchev–Trinajstić information content (AvgIpc) is 3.71. The fourth-order valence-electron chi connectivity index (χ4n) is 4.32. The summed E-state index contributed by atoms with van der Waals surface area (Å²) in [4.78, 5) is 25.7. The molecule has 1 aliphatic rings. The molecule has 0 spiro atoms. The maximum Gasteiger partial charge on any atom is 0.303 e. The van der Waals surface area contributed by atoms with Gasteiger partial charge in [0.1, 0.15) is 5.75 Å². The van der Waals surface area contributed by atoms with Crippen molar-refractivity contribution in [1.82, 2.24) is 4.90 Å². The fraction of sp³-hybridized carbons (Fsp3) is 0.333. The van der Waals surface area contributed by atoms with E-state index in [0.717, 1.165) is 36.8 Å². The SMILES string of the molecule is Cc1cccc(-c2ccc(C(=O)N(C3CC3)C(O)c3ccccc3OCCCCCC(=O)O)cc2)c1. The molecule has 1 atom stereocenters. The second-order valence-corrected chi connectivity index (χ2v) is 9.35. The van der Waals surface area contributed by atoms with E-state index in [4.69, 9.17) is 9.84 Å². The van der Waals surface area contributed by atoms with Crippen molar-refractivity contribution in [3.8, 4) is 16.9 Å². The minimum atomic E-state index is -1.12. The van der Waals surface area contributed by atoms with Crippen LogP contribution in [0.25, 0.3) is 11.1 Å². The lowest BCUT2D eigenvalue weighted by atomic mass is 10.0. The Kier molecular flexibility index (Phi) is 8.39. The maximum atomic E-state index is 13.5. The van der Waals surface area contributed by atoms with E-state index in [1.807, 2.05) is 48.5 Å². The summed E-state index contributed by atoms with van der Waals surface area (Å²) in [6.07, 6.45) is 2.83. The smallest absolute Gasteiger partial charge is 0.303 e. The van der Waals surface area contributed by atoms with E-state index in [1.54, 1.807) is 17.0 Å². The van der Waals surface area contributed by atoms with Crippen LogP contribution < -0.4 is 4.74 Å². The van der Waals surface area contributed by atoms with Crippen LogP contribution in [0.15, 0.2) is 72.8 Å². The highest BCUT2D eigenvalue weighted by Crippen LogP contribution is 2.37. The van der Waals surface area contributed by atoms with Gasteiger partial charge in [-0.05, 0) is 68.4 Å². The molecule has 36 heavy (non-hydrogen) atoms. The first-order valence-corrected chi connectivity index (χ1v) is 12.6. The summed E-state index contributed by atoms with van der Waals surface area (Å²) in [5, 5.41) is 20.1. The number of hydrogen-bond acceptors (Lipinski definition) is 4. The largest absolute Gasteiger partial charge is 0.493 e. The van der Waals surface area contributed by atoms with Crippen LogP contribution in [-0.2, 0) is 4.79 Å². The number of hydrogen-bond donors (Lipinski definition) is 2. The minimum absolute atomic E-state index is 0.00646. The van der Waals surface area contributed by atoms with Crippen molar-refractivity contribution < 1.29 is 24.5 Å². The highest BCUT2D eigenvalue weighted by atomic mass is 16.5. The van der Waals surface area contributed by atoms with Crippen LogP contribution in [0.4, 0.5) is 0 Å². The number of benzene rings is 3. The first-order valence-electron chi connectivity index (χ1n) is 12.6. The lowest BCUT2D eigenvalue weighted by Gasteiger charge is -2.29. The molecule has 188 valence electrons. The number of unbranched alkanes of at least 4 members (excludes halogenated alkanes) is 2. The molecule has 0 radical (unpaired) electrons. The van der Waals surface area contributed by atoms with Crippen LogP contribution in [0, 0.1) is 6.92 Å². The molecule has 0 heterocycles. The quantitative estimate of drug-likeness (QED) is 0.242. The summed E-state index contributed by atoms with van der Waals surface area (Å²) in [6, 6.07) is 23.0. The topological polar surface area (TPSA) is 87.1 Å². The Balaban J connectivity index is 1.46. The van der Waals surface area contributed by atoms with Gasteiger partial charge in [0.05, 0.1) is 6.61 Å². The Labute approximate surface area is 212 Å². The van der Waals surface area contributed by atoms with E-state index in [1.165, 1.54) is 5.56 Å². The van der Waals surface area contributed by atoms with Crippen LogP contribution in [0.3, 0.4) is 0 Å². The molecular weight excluding hydrogens is 454 g/mol. The van der Waals surface area contributed by atoms with Crippen LogP contribution >= 0.6 is 0 Å². The summed E-state index contributed by atoms with van der Waals surface area (Å²) < 4.78 is 5.93. The Hall–Kier alpha value is -3.64. The van der Waals surface area contributed by atoms with Crippen molar-refractivity contribution >= 4 is 11.9 Å². The highest BCUT2D eigenvalue weighted by Gasteiger charge is 2.38.